The van der Waals surface area contributed by atoms with Crippen molar-refractivity contribution in [3.8, 4) is 11.8 Å². The molecule has 1 aromatic heterocycles. The summed E-state index contributed by atoms with van der Waals surface area (Å²) in [6, 6.07) is 4.23. The molecule has 0 atom stereocenters. The van der Waals surface area contributed by atoms with Gasteiger partial charge in [-0.2, -0.15) is 0 Å². The minimum absolute atomic E-state index is 1.03. The van der Waals surface area contributed by atoms with E-state index in [1.54, 1.807) is 11.3 Å². The van der Waals surface area contributed by atoms with Crippen LogP contribution in [0.3, 0.4) is 0 Å². The fraction of sp³-hybridized carbons (Fsp3) is 0.429. The predicted molar refractivity (Wildman–Crippen MR) is 70.0 cm³/mol. The van der Waals surface area contributed by atoms with Crippen LogP contribution in [-0.4, -0.2) is 0 Å². The summed E-state index contributed by atoms with van der Waals surface area (Å²) in [6.45, 7) is 4.26. The summed E-state index contributed by atoms with van der Waals surface area (Å²) >= 11 is 1.76. The molecule has 80 valence electrons. The molecule has 0 aliphatic heterocycles. The molecule has 0 amide bonds. The van der Waals surface area contributed by atoms with E-state index in [0.717, 1.165) is 6.42 Å². The molecule has 0 saturated carbocycles. The third-order valence-corrected chi connectivity index (χ3v) is 3.04. The second-order valence-electron chi connectivity index (χ2n) is 3.46. The molecule has 0 aliphatic carbocycles. The van der Waals surface area contributed by atoms with E-state index in [4.69, 9.17) is 0 Å². The lowest BCUT2D eigenvalue weighted by Crippen LogP contribution is -1.71. The molecule has 0 aromatic carbocycles. The Bertz CT molecular complexity index is 360. The van der Waals surface area contributed by atoms with Crippen LogP contribution in [0.15, 0.2) is 18.2 Å². The van der Waals surface area contributed by atoms with Crippen molar-refractivity contribution in [3.63, 3.8) is 0 Å². The Morgan fingerprint density at radius 1 is 1.33 bits per heavy atom. The zero-order chi connectivity index (χ0) is 10.9. The second kappa shape index (κ2) is 7.31. The molecule has 0 unspecified atom stereocenters. The van der Waals surface area contributed by atoms with Gasteiger partial charge in [0.2, 0.25) is 0 Å². The van der Waals surface area contributed by atoms with Crippen LogP contribution in [0.4, 0.5) is 0 Å². The number of rotatable bonds is 4. The van der Waals surface area contributed by atoms with Crippen molar-refractivity contribution in [2.75, 3.05) is 0 Å². The van der Waals surface area contributed by atoms with Crippen molar-refractivity contribution in [2.45, 2.75) is 39.5 Å². The molecule has 0 N–H and O–H groups in total. The first-order valence-electron chi connectivity index (χ1n) is 5.58. The first kappa shape index (κ1) is 12.1. The highest BCUT2D eigenvalue weighted by molar-refractivity contribution is 7.13. The number of hydrogen-bond donors (Lipinski definition) is 0. The number of thiophene rings is 1. The minimum Gasteiger partial charge on any atom is -0.127 e. The lowest BCUT2D eigenvalue weighted by Gasteiger charge is -1.87. The van der Waals surface area contributed by atoms with Crippen molar-refractivity contribution in [1.82, 2.24) is 0 Å². The molecular weight excluding hydrogens is 200 g/mol. The largest absolute Gasteiger partial charge is 0.127 e. The molecule has 1 aromatic rings. The average Bonchev–Trinajstić information content (AvgIpc) is 2.66. The van der Waals surface area contributed by atoms with E-state index >= 15 is 0 Å². The van der Waals surface area contributed by atoms with Gasteiger partial charge in [0.25, 0.3) is 0 Å². The van der Waals surface area contributed by atoms with Crippen molar-refractivity contribution < 1.29 is 0 Å². The SMILES string of the molecule is C/C=C/c1ccc(C#CCCCCC)s1. The highest BCUT2D eigenvalue weighted by Gasteiger charge is 1.92. The van der Waals surface area contributed by atoms with Gasteiger partial charge in [-0.25, -0.2) is 0 Å². The normalized spacial score (nSPS) is 10.3. The lowest BCUT2D eigenvalue weighted by atomic mass is 10.2. The Balaban J connectivity index is 2.42. The molecule has 0 aliphatic rings. The first-order chi connectivity index (χ1) is 7.36. The molecular formula is C14H18S. The molecule has 1 rings (SSSR count). The Labute approximate surface area is 97.0 Å². The van der Waals surface area contributed by atoms with Crippen LogP contribution in [0.2, 0.25) is 0 Å². The summed E-state index contributed by atoms with van der Waals surface area (Å²) in [6.07, 6.45) is 9.01. The van der Waals surface area contributed by atoms with Gasteiger partial charge >= 0.3 is 0 Å². The predicted octanol–water partition coefficient (Wildman–Crippen LogP) is 4.71. The van der Waals surface area contributed by atoms with E-state index in [9.17, 15) is 0 Å². The van der Waals surface area contributed by atoms with Gasteiger partial charge in [0.15, 0.2) is 0 Å². The summed E-state index contributed by atoms with van der Waals surface area (Å²) in [5, 5.41) is 0. The highest BCUT2D eigenvalue weighted by Crippen LogP contribution is 2.16. The summed E-state index contributed by atoms with van der Waals surface area (Å²) in [7, 11) is 0. The maximum Gasteiger partial charge on any atom is 0.0774 e. The molecule has 1 heteroatoms. The van der Waals surface area contributed by atoms with E-state index in [1.807, 2.05) is 6.92 Å². The van der Waals surface area contributed by atoms with E-state index in [0.29, 0.717) is 0 Å². The maximum absolute atomic E-state index is 3.23. The van der Waals surface area contributed by atoms with Crippen LogP contribution in [0.5, 0.6) is 0 Å². The first-order valence-corrected chi connectivity index (χ1v) is 6.40. The quantitative estimate of drug-likeness (QED) is 0.507. The van der Waals surface area contributed by atoms with Gasteiger partial charge in [-0.1, -0.05) is 37.7 Å². The van der Waals surface area contributed by atoms with Crippen LogP contribution >= 0.6 is 11.3 Å². The lowest BCUT2D eigenvalue weighted by molar-refractivity contribution is 0.737. The number of unbranched alkanes of at least 4 members (excludes halogenated alkanes) is 3. The van der Waals surface area contributed by atoms with Crippen molar-refractivity contribution in [1.29, 1.82) is 0 Å². The minimum atomic E-state index is 1.03. The van der Waals surface area contributed by atoms with E-state index in [2.05, 4.69) is 43.0 Å². The Kier molecular flexibility index (Phi) is 5.88. The van der Waals surface area contributed by atoms with E-state index in [1.165, 1.54) is 29.0 Å². The molecule has 0 saturated heterocycles. The zero-order valence-electron chi connectivity index (χ0n) is 9.55. The van der Waals surface area contributed by atoms with Crippen LogP contribution < -0.4 is 0 Å². The van der Waals surface area contributed by atoms with Gasteiger partial charge in [0.1, 0.15) is 0 Å². The summed E-state index contributed by atoms with van der Waals surface area (Å²) < 4.78 is 0. The molecule has 0 nitrogen and oxygen atoms in total. The Hall–Kier alpha value is -1.00. The third-order valence-electron chi connectivity index (χ3n) is 2.07. The fourth-order valence-electron chi connectivity index (χ4n) is 1.29. The smallest absolute Gasteiger partial charge is 0.0774 e. The maximum atomic E-state index is 3.23. The molecule has 1 heterocycles. The van der Waals surface area contributed by atoms with Crippen LogP contribution in [-0.2, 0) is 0 Å². The third kappa shape index (κ3) is 4.85. The second-order valence-corrected chi connectivity index (χ2v) is 4.58. The summed E-state index contributed by atoms with van der Waals surface area (Å²) in [5.41, 5.74) is 0. The molecule has 0 bridgehead atoms. The van der Waals surface area contributed by atoms with Crippen molar-refractivity contribution in [2.24, 2.45) is 0 Å². The molecule has 0 spiro atoms. The monoisotopic (exact) mass is 218 g/mol. The summed E-state index contributed by atoms with van der Waals surface area (Å²) in [5.74, 6) is 6.45. The zero-order valence-corrected chi connectivity index (χ0v) is 10.4. The topological polar surface area (TPSA) is 0 Å². The van der Waals surface area contributed by atoms with Crippen LogP contribution in [0.1, 0.15) is 49.3 Å². The van der Waals surface area contributed by atoms with E-state index in [-0.39, 0.29) is 0 Å². The van der Waals surface area contributed by atoms with Gasteiger partial charge in [-0.05, 0) is 31.6 Å². The van der Waals surface area contributed by atoms with Gasteiger partial charge in [-0.15, -0.1) is 11.3 Å². The van der Waals surface area contributed by atoms with Gasteiger partial charge in [0, 0.05) is 11.3 Å². The Morgan fingerprint density at radius 3 is 2.93 bits per heavy atom. The van der Waals surface area contributed by atoms with Crippen LogP contribution in [0.25, 0.3) is 6.08 Å². The van der Waals surface area contributed by atoms with Crippen molar-refractivity contribution >= 4 is 17.4 Å². The Morgan fingerprint density at radius 2 is 2.20 bits per heavy atom. The van der Waals surface area contributed by atoms with Crippen molar-refractivity contribution in [3.05, 3.63) is 28.0 Å². The fourth-order valence-corrected chi connectivity index (χ4v) is 2.14. The standard InChI is InChI=1S/C14H18S/c1-3-5-6-7-8-10-14-12-11-13(15-14)9-4-2/h4,9,11-12H,3,5-7H2,1-2H3/b9-4+. The van der Waals surface area contributed by atoms with Gasteiger partial charge < -0.3 is 0 Å². The van der Waals surface area contributed by atoms with Gasteiger partial charge in [0.05, 0.1) is 4.88 Å². The number of allylic oxidation sites excluding steroid dienone is 1. The average molecular weight is 218 g/mol. The molecule has 0 fully saturated rings. The highest BCUT2D eigenvalue weighted by atomic mass is 32.1. The molecule has 15 heavy (non-hydrogen) atoms. The number of hydrogen-bond acceptors (Lipinski definition) is 1. The molecule has 0 radical (unpaired) electrons. The van der Waals surface area contributed by atoms with Crippen LogP contribution in [0, 0.1) is 11.8 Å². The summed E-state index contributed by atoms with van der Waals surface area (Å²) in [4.78, 5) is 2.47. The van der Waals surface area contributed by atoms with Gasteiger partial charge in [-0.3, -0.25) is 0 Å². The van der Waals surface area contributed by atoms with E-state index < -0.39 is 0 Å².